The summed E-state index contributed by atoms with van der Waals surface area (Å²) >= 11 is 2.29. The van der Waals surface area contributed by atoms with Gasteiger partial charge in [0.15, 0.2) is 5.82 Å². The summed E-state index contributed by atoms with van der Waals surface area (Å²) in [7, 11) is 0. The highest BCUT2D eigenvalue weighted by Gasteiger charge is 2.23. The molecule has 2 N–H and O–H groups in total. The molecule has 1 aliphatic heterocycles. The van der Waals surface area contributed by atoms with Crippen LogP contribution < -0.4 is 11.0 Å². The zero-order valence-electron chi connectivity index (χ0n) is 16.3. The summed E-state index contributed by atoms with van der Waals surface area (Å²) in [5.41, 5.74) is 4.54. The second-order valence-electron chi connectivity index (χ2n) is 7.30. The van der Waals surface area contributed by atoms with E-state index in [1.807, 2.05) is 35.8 Å². The molecule has 0 amide bonds. The number of fused-ring (bicyclic) bond motifs is 3. The van der Waals surface area contributed by atoms with E-state index in [9.17, 15) is 4.79 Å². The Morgan fingerprint density at radius 3 is 2.47 bits per heavy atom. The number of aromatic amines is 1. The van der Waals surface area contributed by atoms with E-state index in [1.165, 1.54) is 9.13 Å². The van der Waals surface area contributed by atoms with Gasteiger partial charge in [-0.15, -0.1) is 0 Å². The number of halogens is 1. The van der Waals surface area contributed by atoms with Crippen LogP contribution in [0.2, 0.25) is 0 Å². The largest absolute Gasteiger partial charge is 0.330 e. The maximum Gasteiger partial charge on any atom is 0.327 e. The topological polar surface area (TPSA) is 80.0 Å². The Balaban J connectivity index is 1.52. The number of benzene rings is 2. The van der Waals surface area contributed by atoms with Crippen molar-refractivity contribution >= 4 is 40.6 Å². The van der Waals surface area contributed by atoms with Crippen molar-refractivity contribution in [2.75, 3.05) is 5.32 Å². The Hall–Kier alpha value is -3.14. The van der Waals surface area contributed by atoms with Crippen molar-refractivity contribution in [3.63, 3.8) is 0 Å². The number of hydrogen-bond donors (Lipinski definition) is 2. The number of nitrogens with one attached hydrogen (secondary N) is 2. The smallest absolute Gasteiger partial charge is 0.327 e. The van der Waals surface area contributed by atoms with Gasteiger partial charge < -0.3 is 14.9 Å². The van der Waals surface area contributed by atoms with Crippen LogP contribution >= 0.6 is 22.6 Å². The van der Waals surface area contributed by atoms with E-state index >= 15 is 0 Å². The molecular weight excluding hydrogens is 491 g/mol. The second kappa shape index (κ2) is 7.60. The Morgan fingerprint density at radius 2 is 1.70 bits per heavy atom. The van der Waals surface area contributed by atoms with Gasteiger partial charge in [-0.25, -0.2) is 14.8 Å². The second-order valence-corrected chi connectivity index (χ2v) is 8.54. The predicted molar refractivity (Wildman–Crippen MR) is 127 cm³/mol. The molecule has 30 heavy (non-hydrogen) atoms. The summed E-state index contributed by atoms with van der Waals surface area (Å²) in [5, 5.41) is 3.16. The number of nitrogens with zero attached hydrogens (tertiary/aromatic N) is 4. The number of H-pyrrole nitrogens is 1. The summed E-state index contributed by atoms with van der Waals surface area (Å²) in [6, 6.07) is 16.5. The molecule has 0 unspecified atom stereocenters. The zero-order chi connectivity index (χ0) is 20.7. The maximum absolute atomic E-state index is 12.7. The summed E-state index contributed by atoms with van der Waals surface area (Å²) < 4.78 is 4.86. The quantitative estimate of drug-likeness (QED) is 0.406. The van der Waals surface area contributed by atoms with E-state index in [-0.39, 0.29) is 5.69 Å². The molecule has 4 aromatic rings. The van der Waals surface area contributed by atoms with Gasteiger partial charge >= 0.3 is 5.69 Å². The Morgan fingerprint density at radius 1 is 1.00 bits per heavy atom. The minimum absolute atomic E-state index is 0.179. The molecule has 150 valence electrons. The molecule has 3 heterocycles. The normalized spacial score (nSPS) is 12.2. The third-order valence-corrected chi connectivity index (χ3v) is 5.87. The van der Waals surface area contributed by atoms with E-state index in [0.717, 1.165) is 11.1 Å². The van der Waals surface area contributed by atoms with E-state index in [4.69, 9.17) is 0 Å². The number of aromatic nitrogens is 4. The maximum atomic E-state index is 12.7. The van der Waals surface area contributed by atoms with E-state index in [1.54, 1.807) is 17.2 Å². The van der Waals surface area contributed by atoms with Crippen LogP contribution in [0.1, 0.15) is 16.7 Å². The van der Waals surface area contributed by atoms with Crippen molar-refractivity contribution in [3.05, 3.63) is 85.6 Å². The van der Waals surface area contributed by atoms with Crippen LogP contribution in [-0.4, -0.2) is 25.4 Å². The molecule has 0 spiro atoms. The zero-order valence-corrected chi connectivity index (χ0v) is 18.4. The van der Waals surface area contributed by atoms with Gasteiger partial charge in [0.25, 0.3) is 0 Å². The van der Waals surface area contributed by atoms with Crippen molar-refractivity contribution in [2.45, 2.75) is 20.0 Å². The third kappa shape index (κ3) is 3.47. The van der Waals surface area contributed by atoms with Gasteiger partial charge in [-0.1, -0.05) is 42.0 Å². The van der Waals surface area contributed by atoms with Crippen LogP contribution in [0.25, 0.3) is 11.4 Å². The number of rotatable bonds is 4. The van der Waals surface area contributed by atoms with Gasteiger partial charge in [0.05, 0.1) is 25.8 Å². The fraction of sp³-hybridized carbons (Fsp3) is 0.136. The molecule has 0 atom stereocenters. The number of anilines is 1. The van der Waals surface area contributed by atoms with Crippen LogP contribution in [0.3, 0.4) is 0 Å². The van der Waals surface area contributed by atoms with Crippen LogP contribution in [0.15, 0.2) is 64.6 Å². The van der Waals surface area contributed by atoms with Crippen molar-refractivity contribution in [1.29, 1.82) is 0 Å². The standard InChI is InChI=1S/C22H19IN6O/c1-14-2-4-16(5-3-14)11-29-21-19(27-22(29)30)18-20(24-12-25-21)28(13-26-18)10-15-6-8-17(23)9-7-15/h2-9,12-13H,10-11H2,1H3,(H,24,25)(H,27,30). The van der Waals surface area contributed by atoms with Gasteiger partial charge in [-0.05, 0) is 52.8 Å². The van der Waals surface area contributed by atoms with Crippen molar-refractivity contribution in [1.82, 2.24) is 19.1 Å². The first kappa shape index (κ1) is 18.9. The molecule has 7 nitrogen and oxygen atoms in total. The van der Waals surface area contributed by atoms with Gasteiger partial charge in [-0.3, -0.25) is 4.57 Å². The fourth-order valence-electron chi connectivity index (χ4n) is 3.56. The van der Waals surface area contributed by atoms with Crippen LogP contribution in [0, 0.1) is 10.5 Å². The lowest BCUT2D eigenvalue weighted by Crippen LogP contribution is -2.19. The van der Waals surface area contributed by atoms with Crippen LogP contribution in [-0.2, 0) is 13.1 Å². The van der Waals surface area contributed by atoms with Gasteiger partial charge in [-0.2, -0.15) is 0 Å². The van der Waals surface area contributed by atoms with Gasteiger partial charge in [0.2, 0.25) is 0 Å². The minimum Gasteiger partial charge on any atom is -0.330 e. The molecule has 0 saturated carbocycles. The summed E-state index contributed by atoms with van der Waals surface area (Å²) in [6.07, 6.45) is 3.39. The van der Waals surface area contributed by atoms with Crippen molar-refractivity contribution in [3.8, 4) is 11.4 Å². The monoisotopic (exact) mass is 510 g/mol. The highest BCUT2D eigenvalue weighted by atomic mass is 127. The van der Waals surface area contributed by atoms with E-state index in [0.29, 0.717) is 36.1 Å². The van der Waals surface area contributed by atoms with Crippen LogP contribution in [0.4, 0.5) is 11.6 Å². The summed E-state index contributed by atoms with van der Waals surface area (Å²) in [4.78, 5) is 24.8. The predicted octanol–water partition coefficient (Wildman–Crippen LogP) is 4.13. The molecule has 1 aliphatic rings. The first-order valence-electron chi connectivity index (χ1n) is 9.56. The molecule has 5 rings (SSSR count). The molecular formula is C22H19IN6O. The Kier molecular flexibility index (Phi) is 4.78. The minimum atomic E-state index is -0.179. The summed E-state index contributed by atoms with van der Waals surface area (Å²) in [5.74, 6) is 1.38. The number of hydrogen-bond acceptors (Lipinski definition) is 4. The lowest BCUT2D eigenvalue weighted by molar-refractivity contribution is 0.770. The van der Waals surface area contributed by atoms with Crippen LogP contribution in [0.5, 0.6) is 0 Å². The number of imidazole rings is 2. The Bertz CT molecular complexity index is 1300. The molecule has 8 heteroatoms. The highest BCUT2D eigenvalue weighted by Crippen LogP contribution is 2.34. The molecule has 0 fully saturated rings. The van der Waals surface area contributed by atoms with Crippen molar-refractivity contribution in [2.24, 2.45) is 4.99 Å². The average molecular weight is 510 g/mol. The number of aryl methyl sites for hydroxylation is 1. The first-order chi connectivity index (χ1) is 14.6. The third-order valence-electron chi connectivity index (χ3n) is 5.15. The molecule has 2 aromatic heterocycles. The Labute approximate surface area is 186 Å². The molecule has 0 aliphatic carbocycles. The lowest BCUT2D eigenvalue weighted by atomic mass is 10.1. The molecule has 2 aromatic carbocycles. The fourth-order valence-corrected chi connectivity index (χ4v) is 3.92. The van der Waals surface area contributed by atoms with E-state index in [2.05, 4.69) is 67.1 Å². The first-order valence-corrected chi connectivity index (χ1v) is 10.6. The lowest BCUT2D eigenvalue weighted by Gasteiger charge is -2.07. The summed E-state index contributed by atoms with van der Waals surface area (Å²) in [6.45, 7) is 3.16. The average Bonchev–Trinajstić information content (AvgIpc) is 3.21. The molecule has 0 radical (unpaired) electrons. The van der Waals surface area contributed by atoms with E-state index < -0.39 is 0 Å². The molecule has 0 bridgehead atoms. The van der Waals surface area contributed by atoms with Crippen molar-refractivity contribution < 1.29 is 0 Å². The molecule has 0 saturated heterocycles. The highest BCUT2D eigenvalue weighted by molar-refractivity contribution is 14.1. The SMILES string of the molecule is Cc1ccc(Cn2c3c([nH]c2=O)-c2ncn(Cc4ccc(I)cc4)c2N=CN3)cc1. The number of aliphatic imine (C=N–C) groups is 1. The van der Waals surface area contributed by atoms with Gasteiger partial charge in [0, 0.05) is 3.57 Å². The van der Waals surface area contributed by atoms with Gasteiger partial charge in [0.1, 0.15) is 17.2 Å².